The van der Waals surface area contributed by atoms with Gasteiger partial charge in [0, 0.05) is 29.7 Å². The Morgan fingerprint density at radius 2 is 2.23 bits per heavy atom. The molecule has 134 valence electrons. The Labute approximate surface area is 164 Å². The Morgan fingerprint density at radius 1 is 1.35 bits per heavy atom. The van der Waals surface area contributed by atoms with Crippen molar-refractivity contribution in [3.8, 4) is 10.6 Å². The number of aromatic nitrogens is 2. The van der Waals surface area contributed by atoms with E-state index in [4.69, 9.17) is 0 Å². The van der Waals surface area contributed by atoms with E-state index in [2.05, 4.69) is 53.9 Å². The predicted octanol–water partition coefficient (Wildman–Crippen LogP) is 3.84. The highest BCUT2D eigenvalue weighted by Gasteiger charge is 2.25. The van der Waals surface area contributed by atoms with Crippen molar-refractivity contribution in [2.45, 2.75) is 18.9 Å². The van der Waals surface area contributed by atoms with Gasteiger partial charge >= 0.3 is 0 Å². The Bertz CT molecular complexity index is 893. The maximum absolute atomic E-state index is 12.4. The fourth-order valence-electron chi connectivity index (χ4n) is 3.21. The molecule has 0 bridgehead atoms. The van der Waals surface area contributed by atoms with Crippen LogP contribution in [0.1, 0.15) is 12.0 Å². The third kappa shape index (κ3) is 3.83. The zero-order valence-electron chi connectivity index (χ0n) is 14.1. The summed E-state index contributed by atoms with van der Waals surface area (Å²) in [5.74, 6) is 1.00. The van der Waals surface area contributed by atoms with Gasteiger partial charge in [-0.05, 0) is 29.5 Å². The lowest BCUT2D eigenvalue weighted by Gasteiger charge is -2.16. The summed E-state index contributed by atoms with van der Waals surface area (Å²) in [6.07, 6.45) is 1.33. The van der Waals surface area contributed by atoms with Gasteiger partial charge in [-0.25, -0.2) is 0 Å². The molecule has 1 fully saturated rings. The van der Waals surface area contributed by atoms with E-state index in [1.54, 1.807) is 11.3 Å². The van der Waals surface area contributed by atoms with Gasteiger partial charge in [-0.2, -0.15) is 5.10 Å². The Morgan fingerprint density at radius 3 is 3.04 bits per heavy atom. The molecule has 1 aromatic carbocycles. The molecule has 1 atom stereocenters. The van der Waals surface area contributed by atoms with Crippen LogP contribution in [0.15, 0.2) is 52.3 Å². The molecule has 0 unspecified atom stereocenters. The van der Waals surface area contributed by atoms with E-state index in [1.807, 2.05) is 30.3 Å². The normalized spacial score (nSPS) is 16.8. The van der Waals surface area contributed by atoms with Crippen LogP contribution in [0.4, 0.5) is 5.82 Å². The molecule has 1 aliphatic heterocycles. The van der Waals surface area contributed by atoms with Crippen LogP contribution in [-0.2, 0) is 11.2 Å². The molecule has 3 heterocycles. The van der Waals surface area contributed by atoms with E-state index >= 15 is 0 Å². The number of rotatable bonds is 5. The molecule has 2 N–H and O–H groups in total. The number of nitrogens with one attached hydrogen (secondary N) is 2. The largest absolute Gasteiger partial charge is 0.353 e. The fraction of sp³-hybridized carbons (Fsp3) is 0.263. The number of H-pyrrole nitrogens is 1. The smallest absolute Gasteiger partial charge is 0.224 e. The Kier molecular flexibility index (Phi) is 5.08. The molecule has 26 heavy (non-hydrogen) atoms. The molecule has 5 nitrogen and oxygen atoms in total. The number of hydrogen-bond donors (Lipinski definition) is 2. The number of thiophene rings is 1. The second kappa shape index (κ2) is 7.63. The summed E-state index contributed by atoms with van der Waals surface area (Å²) >= 11 is 5.19. The van der Waals surface area contributed by atoms with Crippen molar-refractivity contribution in [2.75, 3.05) is 18.0 Å². The monoisotopic (exact) mass is 430 g/mol. The van der Waals surface area contributed by atoms with Crippen LogP contribution in [0.25, 0.3) is 10.6 Å². The van der Waals surface area contributed by atoms with Gasteiger partial charge in [0.2, 0.25) is 5.91 Å². The van der Waals surface area contributed by atoms with Gasteiger partial charge in [0.05, 0.1) is 17.0 Å². The predicted molar refractivity (Wildman–Crippen MR) is 109 cm³/mol. The van der Waals surface area contributed by atoms with Gasteiger partial charge in [-0.15, -0.1) is 11.3 Å². The van der Waals surface area contributed by atoms with Crippen molar-refractivity contribution in [3.05, 3.63) is 57.9 Å². The van der Waals surface area contributed by atoms with Crippen LogP contribution in [0.2, 0.25) is 0 Å². The average Bonchev–Trinajstić information content (AvgIpc) is 3.37. The number of carbonyl (C=O) groups is 1. The van der Waals surface area contributed by atoms with E-state index in [1.165, 1.54) is 4.88 Å². The lowest BCUT2D eigenvalue weighted by atomic mass is 10.1. The number of amides is 1. The Balaban J connectivity index is 1.34. The van der Waals surface area contributed by atoms with Crippen LogP contribution in [0.3, 0.4) is 0 Å². The molecule has 2 aromatic heterocycles. The zero-order chi connectivity index (χ0) is 17.9. The number of aromatic amines is 1. The summed E-state index contributed by atoms with van der Waals surface area (Å²) in [7, 11) is 0. The molecule has 1 aliphatic rings. The zero-order valence-corrected chi connectivity index (χ0v) is 16.5. The standard InChI is InChI=1S/C19H19BrN4OS/c20-15-5-2-1-4-13(15)10-19(25)21-14-7-8-24(12-14)18-11-16(22-23-18)17-6-3-9-26-17/h1-6,9,11,14H,7-8,10,12H2,(H,21,25)(H,22,23)/t14-/m0/s1. The van der Waals surface area contributed by atoms with Crippen molar-refractivity contribution >= 4 is 39.0 Å². The second-order valence-corrected chi connectivity index (χ2v) is 8.19. The number of hydrogen-bond acceptors (Lipinski definition) is 4. The van der Waals surface area contributed by atoms with Crippen LogP contribution >= 0.6 is 27.3 Å². The number of benzene rings is 1. The average molecular weight is 431 g/mol. The molecule has 0 saturated carbocycles. The van der Waals surface area contributed by atoms with Crippen molar-refractivity contribution in [2.24, 2.45) is 0 Å². The first kappa shape index (κ1) is 17.3. The van der Waals surface area contributed by atoms with Crippen LogP contribution in [-0.4, -0.2) is 35.2 Å². The maximum Gasteiger partial charge on any atom is 0.224 e. The molecule has 1 saturated heterocycles. The minimum atomic E-state index is 0.0602. The molecule has 4 rings (SSSR count). The number of anilines is 1. The third-order valence-electron chi connectivity index (χ3n) is 4.54. The summed E-state index contributed by atoms with van der Waals surface area (Å²) < 4.78 is 0.973. The van der Waals surface area contributed by atoms with Gasteiger partial charge in [0.1, 0.15) is 0 Å². The lowest BCUT2D eigenvalue weighted by Crippen LogP contribution is -2.38. The Hall–Kier alpha value is -2.12. The van der Waals surface area contributed by atoms with Gasteiger partial charge in [0.25, 0.3) is 0 Å². The van der Waals surface area contributed by atoms with Crippen LogP contribution in [0, 0.1) is 0 Å². The first-order valence-electron chi connectivity index (χ1n) is 8.56. The maximum atomic E-state index is 12.4. The third-order valence-corrected chi connectivity index (χ3v) is 6.21. The highest BCUT2D eigenvalue weighted by atomic mass is 79.9. The quantitative estimate of drug-likeness (QED) is 0.646. The molecular formula is C19H19BrN4OS. The number of carbonyl (C=O) groups excluding carboxylic acids is 1. The number of halogens is 1. The summed E-state index contributed by atoms with van der Waals surface area (Å²) in [4.78, 5) is 15.8. The van der Waals surface area contributed by atoms with Gasteiger partial charge in [0.15, 0.2) is 5.82 Å². The minimum Gasteiger partial charge on any atom is -0.353 e. The van der Waals surface area contributed by atoms with Crippen LogP contribution in [0.5, 0.6) is 0 Å². The molecule has 0 radical (unpaired) electrons. The minimum absolute atomic E-state index is 0.0602. The number of nitrogens with zero attached hydrogens (tertiary/aromatic N) is 2. The summed E-state index contributed by atoms with van der Waals surface area (Å²) in [6, 6.07) is 14.2. The van der Waals surface area contributed by atoms with Crippen molar-refractivity contribution in [3.63, 3.8) is 0 Å². The van der Waals surface area contributed by atoms with E-state index in [0.29, 0.717) is 6.42 Å². The highest BCUT2D eigenvalue weighted by molar-refractivity contribution is 9.10. The fourth-order valence-corrected chi connectivity index (χ4v) is 4.33. The van der Waals surface area contributed by atoms with E-state index in [-0.39, 0.29) is 11.9 Å². The first-order valence-corrected chi connectivity index (χ1v) is 10.2. The lowest BCUT2D eigenvalue weighted by molar-refractivity contribution is -0.121. The molecule has 3 aromatic rings. The van der Waals surface area contributed by atoms with Crippen LogP contribution < -0.4 is 10.2 Å². The first-order chi connectivity index (χ1) is 12.7. The van der Waals surface area contributed by atoms with E-state index in [0.717, 1.165) is 41.1 Å². The summed E-state index contributed by atoms with van der Waals surface area (Å²) in [5.41, 5.74) is 2.05. The van der Waals surface area contributed by atoms with Gasteiger partial charge in [-0.1, -0.05) is 40.2 Å². The van der Waals surface area contributed by atoms with E-state index < -0.39 is 0 Å². The molecule has 1 amide bonds. The molecule has 7 heteroatoms. The SMILES string of the molecule is O=C(Cc1ccccc1Br)N[C@H]1CCN(c2cc(-c3cccs3)[nH]n2)C1. The highest BCUT2D eigenvalue weighted by Crippen LogP contribution is 2.27. The molecular weight excluding hydrogens is 412 g/mol. The summed E-state index contributed by atoms with van der Waals surface area (Å²) in [5, 5.41) is 12.8. The summed E-state index contributed by atoms with van der Waals surface area (Å²) in [6.45, 7) is 1.69. The van der Waals surface area contributed by atoms with Gasteiger partial charge in [-0.3, -0.25) is 9.89 Å². The van der Waals surface area contributed by atoms with Crippen molar-refractivity contribution in [1.82, 2.24) is 15.5 Å². The van der Waals surface area contributed by atoms with E-state index in [9.17, 15) is 4.79 Å². The topological polar surface area (TPSA) is 61.0 Å². The van der Waals surface area contributed by atoms with Crippen molar-refractivity contribution < 1.29 is 4.79 Å². The molecule has 0 aliphatic carbocycles. The molecule has 0 spiro atoms. The van der Waals surface area contributed by atoms with Gasteiger partial charge < -0.3 is 10.2 Å². The van der Waals surface area contributed by atoms with Crippen molar-refractivity contribution in [1.29, 1.82) is 0 Å². The second-order valence-electron chi connectivity index (χ2n) is 6.38.